The number of carboxylic acid groups (broad SMARTS) is 1. The Balaban J connectivity index is 3.21. The molecule has 1 unspecified atom stereocenters. The van der Waals surface area contributed by atoms with Crippen molar-refractivity contribution in [3.63, 3.8) is 0 Å². The van der Waals surface area contributed by atoms with Crippen LogP contribution in [0.15, 0.2) is 6.07 Å². The normalized spacial score (nSPS) is 12.0. The van der Waals surface area contributed by atoms with Crippen LogP contribution in [0.5, 0.6) is 17.2 Å². The molecule has 0 aliphatic rings. The number of benzene rings is 1. The van der Waals surface area contributed by atoms with Crippen LogP contribution in [0.4, 0.5) is 0 Å². The van der Waals surface area contributed by atoms with E-state index < -0.39 is 12.0 Å². The average Bonchev–Trinajstić information content (AvgIpc) is 2.34. The van der Waals surface area contributed by atoms with E-state index in [1.54, 1.807) is 0 Å². The molecule has 18 heavy (non-hydrogen) atoms. The van der Waals surface area contributed by atoms with Crippen molar-refractivity contribution in [2.24, 2.45) is 5.73 Å². The number of phenolic OH excluding ortho intramolecular Hbond substituents is 1. The van der Waals surface area contributed by atoms with Crippen molar-refractivity contribution in [2.75, 3.05) is 14.2 Å². The third-order valence-corrected chi connectivity index (χ3v) is 2.77. The Morgan fingerprint density at radius 2 is 2.11 bits per heavy atom. The molecule has 1 rings (SSSR count). The standard InChI is InChI=1S/C11H14ClNO5/c1-17-7-4-5(3-6(13)11(15)16)9(14)8(12)10(7)18-2/h4,6,14H,3,13H2,1-2H3,(H,15,16). The van der Waals surface area contributed by atoms with Crippen molar-refractivity contribution < 1.29 is 24.5 Å². The van der Waals surface area contributed by atoms with Crippen LogP contribution >= 0.6 is 11.6 Å². The predicted octanol–water partition coefficient (Wildman–Crippen LogP) is 1.02. The second-order valence-electron chi connectivity index (χ2n) is 3.58. The monoisotopic (exact) mass is 275 g/mol. The Morgan fingerprint density at radius 3 is 2.56 bits per heavy atom. The quantitative estimate of drug-likeness (QED) is 0.741. The van der Waals surface area contributed by atoms with E-state index in [2.05, 4.69) is 0 Å². The highest BCUT2D eigenvalue weighted by Gasteiger charge is 2.21. The molecule has 0 spiro atoms. The minimum atomic E-state index is -1.17. The van der Waals surface area contributed by atoms with E-state index in [0.29, 0.717) is 5.75 Å². The molecule has 6 nitrogen and oxygen atoms in total. The van der Waals surface area contributed by atoms with Crippen molar-refractivity contribution >= 4 is 17.6 Å². The largest absolute Gasteiger partial charge is 0.506 e. The van der Waals surface area contributed by atoms with Gasteiger partial charge in [0.1, 0.15) is 16.8 Å². The van der Waals surface area contributed by atoms with Gasteiger partial charge in [-0.15, -0.1) is 0 Å². The number of hydrogen-bond acceptors (Lipinski definition) is 5. The number of methoxy groups -OCH3 is 2. The van der Waals surface area contributed by atoms with Crippen LogP contribution in [0.1, 0.15) is 5.56 Å². The second kappa shape index (κ2) is 5.79. The first-order valence-electron chi connectivity index (χ1n) is 5.03. The average molecular weight is 276 g/mol. The molecule has 0 heterocycles. The fourth-order valence-electron chi connectivity index (χ4n) is 1.47. The van der Waals surface area contributed by atoms with Crippen molar-refractivity contribution in [3.8, 4) is 17.2 Å². The summed E-state index contributed by atoms with van der Waals surface area (Å²) in [6.07, 6.45) is -0.0682. The van der Waals surface area contributed by atoms with Crippen molar-refractivity contribution in [1.82, 2.24) is 0 Å². The summed E-state index contributed by atoms with van der Waals surface area (Å²) in [4.78, 5) is 10.7. The Morgan fingerprint density at radius 1 is 1.50 bits per heavy atom. The summed E-state index contributed by atoms with van der Waals surface area (Å²) in [7, 11) is 2.79. The summed E-state index contributed by atoms with van der Waals surface area (Å²) in [5.74, 6) is -0.941. The van der Waals surface area contributed by atoms with Crippen LogP contribution in [0, 0.1) is 0 Å². The van der Waals surface area contributed by atoms with Gasteiger partial charge in [0.15, 0.2) is 11.5 Å². The Bertz CT molecular complexity index is 463. The predicted molar refractivity (Wildman–Crippen MR) is 65.5 cm³/mol. The summed E-state index contributed by atoms with van der Waals surface area (Å²) < 4.78 is 10.0. The van der Waals surface area contributed by atoms with E-state index in [9.17, 15) is 9.90 Å². The number of hydrogen-bond donors (Lipinski definition) is 3. The molecule has 1 aromatic carbocycles. The van der Waals surface area contributed by atoms with Gasteiger partial charge in [-0.2, -0.15) is 0 Å². The Labute approximate surface area is 109 Å². The molecule has 100 valence electrons. The lowest BCUT2D eigenvalue weighted by Gasteiger charge is -2.15. The van der Waals surface area contributed by atoms with Gasteiger partial charge >= 0.3 is 5.97 Å². The fraction of sp³-hybridized carbons (Fsp3) is 0.364. The van der Waals surface area contributed by atoms with Gasteiger partial charge in [-0.05, 0) is 6.07 Å². The first-order valence-corrected chi connectivity index (χ1v) is 5.40. The molecule has 1 aromatic rings. The van der Waals surface area contributed by atoms with E-state index in [1.165, 1.54) is 20.3 Å². The molecular formula is C11H14ClNO5. The Kier molecular flexibility index (Phi) is 4.63. The lowest BCUT2D eigenvalue weighted by atomic mass is 10.0. The van der Waals surface area contributed by atoms with Gasteiger partial charge in [0, 0.05) is 12.0 Å². The number of nitrogens with two attached hydrogens (primary N) is 1. The topological polar surface area (TPSA) is 102 Å². The van der Waals surface area contributed by atoms with Crippen LogP contribution in [0.3, 0.4) is 0 Å². The molecule has 0 saturated heterocycles. The van der Waals surface area contributed by atoms with E-state index >= 15 is 0 Å². The van der Waals surface area contributed by atoms with Gasteiger partial charge in [-0.3, -0.25) is 4.79 Å². The Hall–Kier alpha value is -1.66. The number of rotatable bonds is 5. The molecule has 0 saturated carbocycles. The smallest absolute Gasteiger partial charge is 0.320 e. The van der Waals surface area contributed by atoms with Gasteiger partial charge in [-0.25, -0.2) is 0 Å². The minimum absolute atomic E-state index is 0.0376. The lowest BCUT2D eigenvalue weighted by molar-refractivity contribution is -0.138. The van der Waals surface area contributed by atoms with Crippen LogP contribution in [0.2, 0.25) is 5.02 Å². The van der Waals surface area contributed by atoms with Crippen molar-refractivity contribution in [3.05, 3.63) is 16.7 Å². The fourth-order valence-corrected chi connectivity index (χ4v) is 1.76. The first kappa shape index (κ1) is 14.4. The van der Waals surface area contributed by atoms with E-state index in [4.69, 9.17) is 31.9 Å². The second-order valence-corrected chi connectivity index (χ2v) is 3.96. The number of halogens is 1. The number of aliphatic carboxylic acids is 1. The zero-order chi connectivity index (χ0) is 13.9. The van der Waals surface area contributed by atoms with Gasteiger partial charge in [0.25, 0.3) is 0 Å². The van der Waals surface area contributed by atoms with Crippen LogP contribution in [0.25, 0.3) is 0 Å². The number of aromatic hydroxyl groups is 1. The van der Waals surface area contributed by atoms with Gasteiger partial charge in [0.2, 0.25) is 0 Å². The number of carboxylic acids is 1. The first-order chi connectivity index (χ1) is 8.42. The number of carbonyl (C=O) groups is 1. The van der Waals surface area contributed by atoms with E-state index in [1.807, 2.05) is 0 Å². The van der Waals surface area contributed by atoms with Gasteiger partial charge in [0.05, 0.1) is 14.2 Å². The highest BCUT2D eigenvalue weighted by atomic mass is 35.5. The van der Waals surface area contributed by atoms with E-state index in [0.717, 1.165) is 0 Å². The third kappa shape index (κ3) is 2.77. The molecule has 0 fully saturated rings. The molecule has 4 N–H and O–H groups in total. The molecule has 0 aliphatic carbocycles. The maximum absolute atomic E-state index is 10.7. The molecule has 0 aromatic heterocycles. The highest BCUT2D eigenvalue weighted by molar-refractivity contribution is 6.33. The molecule has 0 radical (unpaired) electrons. The molecular weight excluding hydrogens is 262 g/mol. The van der Waals surface area contributed by atoms with Crippen molar-refractivity contribution in [2.45, 2.75) is 12.5 Å². The molecule has 0 aliphatic heterocycles. The SMILES string of the molecule is COc1cc(CC(N)C(=O)O)c(O)c(Cl)c1OC. The summed E-state index contributed by atoms with van der Waals surface area (Å²) in [6.45, 7) is 0. The number of ether oxygens (including phenoxy) is 2. The van der Waals surface area contributed by atoms with Crippen LogP contribution in [-0.4, -0.2) is 36.4 Å². The highest BCUT2D eigenvalue weighted by Crippen LogP contribution is 2.43. The van der Waals surface area contributed by atoms with Crippen LogP contribution < -0.4 is 15.2 Å². The third-order valence-electron chi connectivity index (χ3n) is 2.42. The zero-order valence-electron chi connectivity index (χ0n) is 9.94. The molecule has 1 atom stereocenters. The van der Waals surface area contributed by atoms with Crippen LogP contribution in [-0.2, 0) is 11.2 Å². The molecule has 0 amide bonds. The van der Waals surface area contributed by atoms with Crippen molar-refractivity contribution in [1.29, 1.82) is 0 Å². The summed E-state index contributed by atoms with van der Waals surface area (Å²) in [5, 5.41) is 18.5. The number of phenols is 1. The molecule has 7 heteroatoms. The molecule has 0 bridgehead atoms. The summed E-state index contributed by atoms with van der Waals surface area (Å²) >= 11 is 5.90. The summed E-state index contributed by atoms with van der Waals surface area (Å²) in [5.41, 5.74) is 5.69. The maximum Gasteiger partial charge on any atom is 0.320 e. The van der Waals surface area contributed by atoms with Gasteiger partial charge in [-0.1, -0.05) is 11.6 Å². The van der Waals surface area contributed by atoms with E-state index in [-0.39, 0.29) is 28.5 Å². The maximum atomic E-state index is 10.7. The minimum Gasteiger partial charge on any atom is -0.506 e. The van der Waals surface area contributed by atoms with Gasteiger partial charge < -0.3 is 25.4 Å². The lowest BCUT2D eigenvalue weighted by Crippen LogP contribution is -2.32. The zero-order valence-corrected chi connectivity index (χ0v) is 10.7. The summed E-state index contributed by atoms with van der Waals surface area (Å²) in [6, 6.07) is 0.313.